The van der Waals surface area contributed by atoms with Crippen LogP contribution in [-0.2, 0) is 19.1 Å². The summed E-state index contributed by atoms with van der Waals surface area (Å²) in [5, 5.41) is 0. The van der Waals surface area contributed by atoms with Gasteiger partial charge >= 0.3 is 11.9 Å². The molecule has 0 N–H and O–H groups in total. The van der Waals surface area contributed by atoms with Crippen LogP contribution in [0.2, 0.25) is 0 Å². The van der Waals surface area contributed by atoms with Gasteiger partial charge in [0.25, 0.3) is 0 Å². The molecule has 0 rings (SSSR count). The molecule has 4 nitrogen and oxygen atoms in total. The second kappa shape index (κ2) is 11.2. The highest BCUT2D eigenvalue weighted by molar-refractivity contribution is 5.94. The van der Waals surface area contributed by atoms with E-state index in [0.29, 0.717) is 12.8 Å². The molecule has 0 aliphatic rings. The standard InChI is InChI=1S/C15H20O4/c1-4-5-6-7-8-9-10-11-12-13(14(16)18-2)15(17)19-3/h1,13H,5-8,11-12H2,2-3H3. The Morgan fingerprint density at radius 1 is 1.00 bits per heavy atom. The van der Waals surface area contributed by atoms with Gasteiger partial charge in [-0.1, -0.05) is 0 Å². The van der Waals surface area contributed by atoms with Gasteiger partial charge in [-0.25, -0.2) is 0 Å². The first kappa shape index (κ1) is 17.1. The smallest absolute Gasteiger partial charge is 0.320 e. The summed E-state index contributed by atoms with van der Waals surface area (Å²) in [5.74, 6) is 6.45. The molecule has 0 amide bonds. The molecule has 0 radical (unpaired) electrons. The van der Waals surface area contributed by atoms with E-state index in [9.17, 15) is 9.59 Å². The quantitative estimate of drug-likeness (QED) is 0.305. The zero-order valence-corrected chi connectivity index (χ0v) is 11.5. The maximum atomic E-state index is 11.4. The zero-order valence-electron chi connectivity index (χ0n) is 11.5. The number of carbonyl (C=O) groups is 2. The third-order valence-corrected chi connectivity index (χ3v) is 2.53. The van der Waals surface area contributed by atoms with Crippen LogP contribution in [0.1, 0.15) is 38.5 Å². The number of methoxy groups -OCH3 is 2. The van der Waals surface area contributed by atoms with Crippen molar-refractivity contribution in [2.24, 2.45) is 5.92 Å². The largest absolute Gasteiger partial charge is 0.468 e. The molecule has 0 atom stereocenters. The van der Waals surface area contributed by atoms with E-state index >= 15 is 0 Å². The van der Waals surface area contributed by atoms with Crippen molar-refractivity contribution in [3.63, 3.8) is 0 Å². The lowest BCUT2D eigenvalue weighted by Gasteiger charge is -2.10. The molecule has 19 heavy (non-hydrogen) atoms. The van der Waals surface area contributed by atoms with Gasteiger partial charge in [-0.05, 0) is 19.3 Å². The maximum Gasteiger partial charge on any atom is 0.320 e. The van der Waals surface area contributed by atoms with Crippen LogP contribution in [-0.4, -0.2) is 26.2 Å². The minimum Gasteiger partial charge on any atom is -0.468 e. The molecule has 0 heterocycles. The van der Waals surface area contributed by atoms with E-state index in [-0.39, 0.29) is 0 Å². The van der Waals surface area contributed by atoms with Crippen molar-refractivity contribution < 1.29 is 19.1 Å². The minimum absolute atomic E-state index is 0.316. The molecule has 0 unspecified atom stereocenters. The zero-order chi connectivity index (χ0) is 14.5. The van der Waals surface area contributed by atoms with Crippen molar-refractivity contribution in [3.8, 4) is 24.2 Å². The normalized spacial score (nSPS) is 9.16. The SMILES string of the molecule is C#CCCCCC#CCCC(C(=O)OC)C(=O)OC. The lowest BCUT2D eigenvalue weighted by molar-refractivity contribution is -0.159. The number of rotatable bonds is 7. The highest BCUT2D eigenvalue weighted by Crippen LogP contribution is 2.10. The third-order valence-electron chi connectivity index (χ3n) is 2.53. The van der Waals surface area contributed by atoms with Crippen molar-refractivity contribution in [2.45, 2.75) is 38.5 Å². The summed E-state index contributed by atoms with van der Waals surface area (Å²) < 4.78 is 9.10. The van der Waals surface area contributed by atoms with Gasteiger partial charge in [-0.15, -0.1) is 24.2 Å². The van der Waals surface area contributed by atoms with Gasteiger partial charge in [-0.2, -0.15) is 0 Å². The van der Waals surface area contributed by atoms with Gasteiger partial charge in [0.15, 0.2) is 5.92 Å². The molecule has 104 valence electrons. The van der Waals surface area contributed by atoms with Gasteiger partial charge in [0, 0.05) is 19.3 Å². The Hall–Kier alpha value is -1.94. The Labute approximate surface area is 114 Å². The number of terminal acetylenes is 1. The second-order valence-corrected chi connectivity index (χ2v) is 3.90. The van der Waals surface area contributed by atoms with E-state index in [1.165, 1.54) is 14.2 Å². The van der Waals surface area contributed by atoms with Gasteiger partial charge in [0.05, 0.1) is 14.2 Å². The van der Waals surface area contributed by atoms with Crippen LogP contribution >= 0.6 is 0 Å². The molecular formula is C15H20O4. The summed E-state index contributed by atoms with van der Waals surface area (Å²) in [6, 6.07) is 0. The molecule has 0 saturated carbocycles. The fraction of sp³-hybridized carbons (Fsp3) is 0.600. The average Bonchev–Trinajstić information content (AvgIpc) is 2.44. The van der Waals surface area contributed by atoms with E-state index in [0.717, 1.165) is 25.7 Å². The van der Waals surface area contributed by atoms with Gasteiger partial charge in [0.2, 0.25) is 0 Å². The predicted octanol–water partition coefficient (Wildman–Crippen LogP) is 1.93. The first-order chi connectivity index (χ1) is 9.17. The van der Waals surface area contributed by atoms with Crippen molar-refractivity contribution in [1.82, 2.24) is 0 Å². The van der Waals surface area contributed by atoms with Crippen LogP contribution in [0.4, 0.5) is 0 Å². The van der Waals surface area contributed by atoms with Gasteiger partial charge in [0.1, 0.15) is 0 Å². The number of hydrogen-bond donors (Lipinski definition) is 0. The van der Waals surface area contributed by atoms with Crippen LogP contribution in [0.15, 0.2) is 0 Å². The van der Waals surface area contributed by atoms with E-state index in [4.69, 9.17) is 6.42 Å². The molecule has 0 aromatic rings. The summed E-state index contributed by atoms with van der Waals surface area (Å²) in [4.78, 5) is 22.7. The van der Waals surface area contributed by atoms with Crippen molar-refractivity contribution >= 4 is 11.9 Å². The Kier molecular flexibility index (Phi) is 10.0. The number of unbranched alkanes of at least 4 members (excludes halogenated alkanes) is 3. The lowest BCUT2D eigenvalue weighted by Crippen LogP contribution is -2.26. The molecule has 0 saturated heterocycles. The lowest BCUT2D eigenvalue weighted by atomic mass is 10.0. The highest BCUT2D eigenvalue weighted by Gasteiger charge is 2.27. The summed E-state index contributed by atoms with van der Waals surface area (Å²) >= 11 is 0. The van der Waals surface area contributed by atoms with Crippen LogP contribution in [0.25, 0.3) is 0 Å². The molecule has 4 heteroatoms. The Bertz CT molecular complexity index is 365. The number of hydrogen-bond acceptors (Lipinski definition) is 4. The summed E-state index contributed by atoms with van der Waals surface area (Å²) in [7, 11) is 2.49. The molecule has 0 aromatic heterocycles. The molecule has 0 aliphatic carbocycles. The Morgan fingerprint density at radius 2 is 1.53 bits per heavy atom. The first-order valence-electron chi connectivity index (χ1n) is 6.22. The fourth-order valence-corrected chi connectivity index (χ4v) is 1.45. The predicted molar refractivity (Wildman–Crippen MR) is 71.8 cm³/mol. The van der Waals surface area contributed by atoms with Crippen LogP contribution < -0.4 is 0 Å². The fourth-order valence-electron chi connectivity index (χ4n) is 1.45. The third kappa shape index (κ3) is 7.89. The summed E-state index contributed by atoms with van der Waals surface area (Å²) in [6.45, 7) is 0. The van der Waals surface area contributed by atoms with Crippen molar-refractivity contribution in [2.75, 3.05) is 14.2 Å². The van der Waals surface area contributed by atoms with Crippen molar-refractivity contribution in [1.29, 1.82) is 0 Å². The molecule has 0 fully saturated rings. The van der Waals surface area contributed by atoms with Crippen LogP contribution in [0, 0.1) is 30.1 Å². The van der Waals surface area contributed by atoms with E-state index in [2.05, 4.69) is 27.2 Å². The summed E-state index contributed by atoms with van der Waals surface area (Å²) in [5.41, 5.74) is 0. The molecule has 0 bridgehead atoms. The monoisotopic (exact) mass is 264 g/mol. The molecule has 0 aromatic carbocycles. The number of carbonyl (C=O) groups excluding carboxylic acids is 2. The molecule has 0 spiro atoms. The van der Waals surface area contributed by atoms with Crippen LogP contribution in [0.5, 0.6) is 0 Å². The Morgan fingerprint density at radius 3 is 2.05 bits per heavy atom. The van der Waals surface area contributed by atoms with Crippen LogP contribution in [0.3, 0.4) is 0 Å². The van der Waals surface area contributed by atoms with Crippen molar-refractivity contribution in [3.05, 3.63) is 0 Å². The second-order valence-electron chi connectivity index (χ2n) is 3.90. The average molecular weight is 264 g/mol. The van der Waals surface area contributed by atoms with E-state index in [1.807, 2.05) is 0 Å². The number of ether oxygens (including phenoxy) is 2. The molecule has 0 aliphatic heterocycles. The minimum atomic E-state index is -0.884. The van der Waals surface area contributed by atoms with Gasteiger partial charge in [-0.3, -0.25) is 9.59 Å². The topological polar surface area (TPSA) is 52.6 Å². The van der Waals surface area contributed by atoms with E-state index < -0.39 is 17.9 Å². The first-order valence-corrected chi connectivity index (χ1v) is 6.22. The highest BCUT2D eigenvalue weighted by atomic mass is 16.5. The summed E-state index contributed by atoms with van der Waals surface area (Å²) in [6.07, 6.45) is 9.40. The maximum absolute atomic E-state index is 11.4. The molecular weight excluding hydrogens is 244 g/mol. The Balaban J connectivity index is 4.00. The number of esters is 2. The van der Waals surface area contributed by atoms with E-state index in [1.54, 1.807) is 0 Å². The van der Waals surface area contributed by atoms with Gasteiger partial charge < -0.3 is 9.47 Å².